The van der Waals surface area contributed by atoms with Crippen LogP contribution in [0.4, 0.5) is 5.69 Å². The monoisotopic (exact) mass is 354 g/mol. The summed E-state index contributed by atoms with van der Waals surface area (Å²) in [6.45, 7) is 2.08. The van der Waals surface area contributed by atoms with Crippen molar-refractivity contribution in [2.75, 3.05) is 12.4 Å². The summed E-state index contributed by atoms with van der Waals surface area (Å²) in [7, 11) is 1.58. The van der Waals surface area contributed by atoms with Crippen molar-refractivity contribution in [2.45, 2.75) is 13.5 Å². The zero-order valence-corrected chi connectivity index (χ0v) is 14.8. The molecule has 7 heteroatoms. The van der Waals surface area contributed by atoms with Crippen molar-refractivity contribution in [3.8, 4) is 17.1 Å². The molecule has 0 saturated heterocycles. The fraction of sp³-hybridized carbons (Fsp3) is 0.167. The number of anilines is 1. The predicted octanol–water partition coefficient (Wildman–Crippen LogP) is 3.56. The van der Waals surface area contributed by atoms with Crippen LogP contribution in [0.3, 0.4) is 0 Å². The van der Waals surface area contributed by atoms with Gasteiger partial charge >= 0.3 is 0 Å². The number of carbonyl (C=O) groups excluding carboxylic acids is 1. The summed E-state index contributed by atoms with van der Waals surface area (Å²) < 4.78 is 7.24. The SMILES string of the molecule is COc1cccc(NC(=O)Cn2c(-c3ccc(C)cc3)n[nH]c2=S)c1. The summed E-state index contributed by atoms with van der Waals surface area (Å²) in [5.74, 6) is 1.11. The molecule has 0 saturated carbocycles. The van der Waals surface area contributed by atoms with Crippen molar-refractivity contribution < 1.29 is 9.53 Å². The Morgan fingerprint density at radius 1 is 1.28 bits per heavy atom. The van der Waals surface area contributed by atoms with Crippen LogP contribution < -0.4 is 10.1 Å². The standard InChI is InChI=1S/C18H18N4O2S/c1-12-6-8-13(9-7-12)17-20-21-18(25)22(17)11-16(23)19-14-4-3-5-15(10-14)24-2/h3-10H,11H2,1-2H3,(H,19,23)(H,21,25). The number of hydrogen-bond donors (Lipinski definition) is 2. The van der Waals surface area contributed by atoms with E-state index < -0.39 is 0 Å². The molecule has 1 heterocycles. The lowest BCUT2D eigenvalue weighted by Crippen LogP contribution is -2.19. The Labute approximate surface area is 150 Å². The van der Waals surface area contributed by atoms with Gasteiger partial charge in [-0.05, 0) is 31.3 Å². The quantitative estimate of drug-likeness (QED) is 0.687. The maximum atomic E-state index is 12.4. The van der Waals surface area contributed by atoms with E-state index in [2.05, 4.69) is 15.5 Å². The van der Waals surface area contributed by atoms with Gasteiger partial charge < -0.3 is 10.1 Å². The normalized spacial score (nSPS) is 10.5. The number of aromatic nitrogens is 3. The van der Waals surface area contributed by atoms with E-state index in [1.54, 1.807) is 23.8 Å². The van der Waals surface area contributed by atoms with Gasteiger partial charge in [-0.3, -0.25) is 14.5 Å². The molecule has 0 aliphatic carbocycles. The van der Waals surface area contributed by atoms with Crippen LogP contribution in [0, 0.1) is 11.7 Å². The predicted molar refractivity (Wildman–Crippen MR) is 99.2 cm³/mol. The number of amides is 1. The number of ether oxygens (including phenoxy) is 1. The van der Waals surface area contributed by atoms with Gasteiger partial charge in [0.2, 0.25) is 5.91 Å². The van der Waals surface area contributed by atoms with Gasteiger partial charge in [0, 0.05) is 17.3 Å². The molecule has 0 aliphatic rings. The number of nitrogens with one attached hydrogen (secondary N) is 2. The van der Waals surface area contributed by atoms with E-state index in [1.807, 2.05) is 43.3 Å². The molecule has 0 atom stereocenters. The molecule has 0 bridgehead atoms. The molecular formula is C18H18N4O2S. The van der Waals surface area contributed by atoms with Crippen molar-refractivity contribution >= 4 is 23.8 Å². The molecule has 2 aromatic carbocycles. The van der Waals surface area contributed by atoms with Gasteiger partial charge in [-0.2, -0.15) is 5.10 Å². The summed E-state index contributed by atoms with van der Waals surface area (Å²) in [6.07, 6.45) is 0. The van der Waals surface area contributed by atoms with Crippen LogP contribution in [-0.2, 0) is 11.3 Å². The maximum Gasteiger partial charge on any atom is 0.244 e. The van der Waals surface area contributed by atoms with Gasteiger partial charge in [-0.15, -0.1) is 0 Å². The van der Waals surface area contributed by atoms with Crippen molar-refractivity contribution in [3.63, 3.8) is 0 Å². The van der Waals surface area contributed by atoms with Crippen LogP contribution in [0.1, 0.15) is 5.56 Å². The van der Waals surface area contributed by atoms with Gasteiger partial charge in [0.15, 0.2) is 10.6 Å². The molecule has 128 valence electrons. The minimum Gasteiger partial charge on any atom is -0.497 e. The number of carbonyl (C=O) groups is 1. The second kappa shape index (κ2) is 7.31. The average Bonchev–Trinajstić information content (AvgIpc) is 2.96. The van der Waals surface area contributed by atoms with Crippen LogP contribution in [0.2, 0.25) is 0 Å². The molecule has 2 N–H and O–H groups in total. The third-order valence-corrected chi connectivity index (χ3v) is 4.03. The topological polar surface area (TPSA) is 71.9 Å². The average molecular weight is 354 g/mol. The highest BCUT2D eigenvalue weighted by Gasteiger charge is 2.12. The fourth-order valence-electron chi connectivity index (χ4n) is 2.43. The van der Waals surface area contributed by atoms with E-state index >= 15 is 0 Å². The molecule has 0 aliphatic heterocycles. The summed E-state index contributed by atoms with van der Waals surface area (Å²) in [5.41, 5.74) is 2.71. The highest BCUT2D eigenvalue weighted by atomic mass is 32.1. The number of hydrogen-bond acceptors (Lipinski definition) is 4. The molecule has 3 rings (SSSR count). The molecule has 1 amide bonds. The minimum absolute atomic E-state index is 0.0652. The lowest BCUT2D eigenvalue weighted by atomic mass is 10.1. The molecule has 3 aromatic rings. The van der Waals surface area contributed by atoms with Gasteiger partial charge in [-0.1, -0.05) is 35.9 Å². The fourth-order valence-corrected chi connectivity index (χ4v) is 2.63. The van der Waals surface area contributed by atoms with E-state index in [1.165, 1.54) is 0 Å². The highest BCUT2D eigenvalue weighted by Crippen LogP contribution is 2.19. The van der Waals surface area contributed by atoms with Crippen LogP contribution in [-0.4, -0.2) is 27.8 Å². The molecule has 0 unspecified atom stereocenters. The lowest BCUT2D eigenvalue weighted by molar-refractivity contribution is -0.116. The van der Waals surface area contributed by atoms with E-state index in [0.29, 0.717) is 22.0 Å². The van der Waals surface area contributed by atoms with Gasteiger partial charge in [0.25, 0.3) is 0 Å². The number of rotatable bonds is 5. The number of H-pyrrole nitrogens is 1. The van der Waals surface area contributed by atoms with Crippen molar-refractivity contribution in [2.24, 2.45) is 0 Å². The minimum atomic E-state index is -0.195. The van der Waals surface area contributed by atoms with Crippen LogP contribution in [0.5, 0.6) is 5.75 Å². The first kappa shape index (κ1) is 16.9. The smallest absolute Gasteiger partial charge is 0.244 e. The van der Waals surface area contributed by atoms with E-state index in [-0.39, 0.29) is 12.5 Å². The zero-order chi connectivity index (χ0) is 17.8. The summed E-state index contributed by atoms with van der Waals surface area (Å²) >= 11 is 5.27. The number of benzene rings is 2. The highest BCUT2D eigenvalue weighted by molar-refractivity contribution is 7.71. The molecule has 6 nitrogen and oxygen atoms in total. The van der Waals surface area contributed by atoms with Crippen LogP contribution in [0.25, 0.3) is 11.4 Å². The Hall–Kier alpha value is -2.93. The first-order valence-electron chi connectivity index (χ1n) is 7.73. The number of aryl methyl sites for hydroxylation is 1. The molecule has 25 heavy (non-hydrogen) atoms. The molecule has 0 radical (unpaired) electrons. The Bertz CT molecular complexity index is 944. The van der Waals surface area contributed by atoms with E-state index in [9.17, 15) is 4.79 Å². The van der Waals surface area contributed by atoms with Crippen molar-refractivity contribution in [1.82, 2.24) is 14.8 Å². The van der Waals surface area contributed by atoms with Crippen LogP contribution >= 0.6 is 12.2 Å². The Morgan fingerprint density at radius 3 is 2.76 bits per heavy atom. The van der Waals surface area contributed by atoms with E-state index in [0.717, 1.165) is 11.1 Å². The second-order valence-corrected chi connectivity index (χ2v) is 5.97. The number of methoxy groups -OCH3 is 1. The molecule has 0 spiro atoms. The van der Waals surface area contributed by atoms with Gasteiger partial charge in [0.05, 0.1) is 7.11 Å². The summed E-state index contributed by atoms with van der Waals surface area (Å²) in [4.78, 5) is 12.4. The Morgan fingerprint density at radius 2 is 2.04 bits per heavy atom. The number of aromatic amines is 1. The van der Waals surface area contributed by atoms with Gasteiger partial charge in [-0.25, -0.2) is 0 Å². The third-order valence-electron chi connectivity index (χ3n) is 3.72. The van der Waals surface area contributed by atoms with E-state index in [4.69, 9.17) is 17.0 Å². The Balaban J connectivity index is 1.80. The Kier molecular flexibility index (Phi) is 4.95. The molecule has 0 fully saturated rings. The van der Waals surface area contributed by atoms with Crippen molar-refractivity contribution in [1.29, 1.82) is 0 Å². The van der Waals surface area contributed by atoms with Gasteiger partial charge in [0.1, 0.15) is 12.3 Å². The summed E-state index contributed by atoms with van der Waals surface area (Å²) in [5, 5.41) is 9.84. The zero-order valence-electron chi connectivity index (χ0n) is 13.9. The summed E-state index contributed by atoms with van der Waals surface area (Å²) in [6, 6.07) is 15.1. The molecular weight excluding hydrogens is 336 g/mol. The third kappa shape index (κ3) is 3.95. The largest absolute Gasteiger partial charge is 0.497 e. The lowest BCUT2D eigenvalue weighted by Gasteiger charge is -2.09. The first-order valence-corrected chi connectivity index (χ1v) is 8.14. The second-order valence-electron chi connectivity index (χ2n) is 5.58. The molecule has 1 aromatic heterocycles. The first-order chi connectivity index (χ1) is 12.1. The maximum absolute atomic E-state index is 12.4. The van der Waals surface area contributed by atoms with Crippen molar-refractivity contribution in [3.05, 3.63) is 58.9 Å². The number of nitrogens with zero attached hydrogens (tertiary/aromatic N) is 2. The van der Waals surface area contributed by atoms with Crippen LogP contribution in [0.15, 0.2) is 48.5 Å².